The zero-order chi connectivity index (χ0) is 17.3. The van der Waals surface area contributed by atoms with Crippen molar-refractivity contribution in [3.8, 4) is 17.1 Å². The Morgan fingerprint density at radius 3 is 2.88 bits per heavy atom. The predicted molar refractivity (Wildman–Crippen MR) is 91.5 cm³/mol. The van der Waals surface area contributed by atoms with E-state index in [1.807, 2.05) is 45.0 Å². The second-order valence-corrected chi connectivity index (χ2v) is 7.16. The summed E-state index contributed by atoms with van der Waals surface area (Å²) >= 11 is 6.33. The van der Waals surface area contributed by atoms with Crippen molar-refractivity contribution in [3.63, 3.8) is 0 Å². The van der Waals surface area contributed by atoms with Crippen molar-refractivity contribution in [2.75, 3.05) is 6.54 Å². The second kappa shape index (κ2) is 6.40. The Bertz CT molecular complexity index is 734. The van der Waals surface area contributed by atoms with Crippen LogP contribution < -0.4 is 10.1 Å². The molecule has 1 aromatic carbocycles. The molecule has 1 atom stereocenters. The van der Waals surface area contributed by atoms with Crippen LogP contribution in [0.2, 0.25) is 5.02 Å². The number of rotatable bonds is 3. The third-order valence-electron chi connectivity index (χ3n) is 3.53. The molecule has 0 bridgehead atoms. The standard InChI is InChI=1S/C18H20ClNO4/c1-18(2,3)24-17(21)20-10-13-8-12-7-11(15-5-4-6-22-15)9-14(19)16(12)23-13/h4-7,9,13H,8,10H2,1-3H3,(H,20,21). The van der Waals surface area contributed by atoms with Gasteiger partial charge in [-0.25, -0.2) is 4.79 Å². The van der Waals surface area contributed by atoms with Gasteiger partial charge in [-0.05, 0) is 45.0 Å². The van der Waals surface area contributed by atoms with E-state index < -0.39 is 11.7 Å². The van der Waals surface area contributed by atoms with Crippen LogP contribution in [-0.4, -0.2) is 24.3 Å². The van der Waals surface area contributed by atoms with E-state index in [2.05, 4.69) is 5.32 Å². The monoisotopic (exact) mass is 349 g/mol. The molecule has 1 amide bonds. The maximum atomic E-state index is 11.7. The molecule has 0 radical (unpaired) electrons. The van der Waals surface area contributed by atoms with Gasteiger partial charge in [-0.1, -0.05) is 11.6 Å². The lowest BCUT2D eigenvalue weighted by Gasteiger charge is -2.20. The first-order chi connectivity index (χ1) is 11.3. The van der Waals surface area contributed by atoms with Crippen LogP contribution in [0.4, 0.5) is 4.79 Å². The van der Waals surface area contributed by atoms with Crippen LogP contribution in [0.3, 0.4) is 0 Å². The summed E-state index contributed by atoms with van der Waals surface area (Å²) in [5, 5.41) is 3.27. The lowest BCUT2D eigenvalue weighted by molar-refractivity contribution is 0.0506. The number of halogens is 1. The van der Waals surface area contributed by atoms with Crippen LogP contribution >= 0.6 is 11.6 Å². The number of furan rings is 1. The predicted octanol–water partition coefficient (Wildman–Crippen LogP) is 4.43. The molecule has 1 unspecified atom stereocenters. The van der Waals surface area contributed by atoms with Crippen LogP contribution in [0.5, 0.6) is 5.75 Å². The molecule has 1 aromatic heterocycles. The first kappa shape index (κ1) is 16.7. The fraction of sp³-hybridized carbons (Fsp3) is 0.389. The number of alkyl carbamates (subject to hydrolysis) is 1. The molecule has 0 saturated carbocycles. The number of hydrogen-bond acceptors (Lipinski definition) is 4. The van der Waals surface area contributed by atoms with Crippen molar-refractivity contribution in [3.05, 3.63) is 41.1 Å². The van der Waals surface area contributed by atoms with Crippen LogP contribution in [-0.2, 0) is 11.2 Å². The molecule has 24 heavy (non-hydrogen) atoms. The van der Waals surface area contributed by atoms with Gasteiger partial charge in [0.1, 0.15) is 23.2 Å². The van der Waals surface area contributed by atoms with E-state index in [-0.39, 0.29) is 6.10 Å². The first-order valence-corrected chi connectivity index (χ1v) is 8.19. The highest BCUT2D eigenvalue weighted by molar-refractivity contribution is 6.32. The Labute approximate surface area is 145 Å². The second-order valence-electron chi connectivity index (χ2n) is 6.75. The number of nitrogens with one attached hydrogen (secondary N) is 1. The highest BCUT2D eigenvalue weighted by Crippen LogP contribution is 2.39. The Hall–Kier alpha value is -2.14. The largest absolute Gasteiger partial charge is 0.486 e. The van der Waals surface area contributed by atoms with E-state index in [0.717, 1.165) is 16.9 Å². The topological polar surface area (TPSA) is 60.7 Å². The highest BCUT2D eigenvalue weighted by Gasteiger charge is 2.27. The molecule has 2 aromatic rings. The number of carbonyl (C=O) groups excluding carboxylic acids is 1. The Kier molecular flexibility index (Phi) is 4.45. The minimum absolute atomic E-state index is 0.170. The summed E-state index contributed by atoms with van der Waals surface area (Å²) in [5.74, 6) is 1.43. The molecule has 128 valence electrons. The average molecular weight is 350 g/mol. The van der Waals surface area contributed by atoms with Crippen LogP contribution in [0.15, 0.2) is 34.9 Å². The maximum absolute atomic E-state index is 11.7. The Morgan fingerprint density at radius 1 is 1.42 bits per heavy atom. The van der Waals surface area contributed by atoms with E-state index in [4.69, 9.17) is 25.5 Å². The van der Waals surface area contributed by atoms with E-state index in [9.17, 15) is 4.79 Å². The maximum Gasteiger partial charge on any atom is 0.407 e. The third-order valence-corrected chi connectivity index (χ3v) is 3.81. The van der Waals surface area contributed by atoms with Crippen LogP contribution in [0.1, 0.15) is 26.3 Å². The molecule has 5 nitrogen and oxygen atoms in total. The van der Waals surface area contributed by atoms with Crippen LogP contribution in [0, 0.1) is 0 Å². The van der Waals surface area contributed by atoms with Gasteiger partial charge in [0.25, 0.3) is 0 Å². The molecule has 2 heterocycles. The summed E-state index contributed by atoms with van der Waals surface area (Å²) in [6.45, 7) is 5.83. The van der Waals surface area contributed by atoms with Crippen molar-refractivity contribution in [2.24, 2.45) is 0 Å². The molecular weight excluding hydrogens is 330 g/mol. The summed E-state index contributed by atoms with van der Waals surface area (Å²) in [7, 11) is 0. The first-order valence-electron chi connectivity index (χ1n) is 7.81. The zero-order valence-corrected chi connectivity index (χ0v) is 14.6. The molecule has 3 rings (SSSR count). The van der Waals surface area contributed by atoms with Gasteiger partial charge in [0.15, 0.2) is 0 Å². The van der Waals surface area contributed by atoms with Gasteiger partial charge < -0.3 is 19.2 Å². The Morgan fingerprint density at radius 2 is 2.21 bits per heavy atom. The Balaban J connectivity index is 1.65. The number of carbonyl (C=O) groups is 1. The van der Waals surface area contributed by atoms with Gasteiger partial charge in [-0.3, -0.25) is 0 Å². The molecule has 0 spiro atoms. The number of ether oxygens (including phenoxy) is 2. The van der Waals surface area contributed by atoms with Gasteiger partial charge in [-0.15, -0.1) is 0 Å². The molecule has 0 aliphatic carbocycles. The van der Waals surface area contributed by atoms with Gasteiger partial charge >= 0.3 is 6.09 Å². The molecule has 0 saturated heterocycles. The normalized spacial score (nSPS) is 16.4. The summed E-state index contributed by atoms with van der Waals surface area (Å²) in [5.41, 5.74) is 1.39. The van der Waals surface area contributed by atoms with Gasteiger partial charge in [0, 0.05) is 17.5 Å². The SMILES string of the molecule is CC(C)(C)OC(=O)NCC1Cc2cc(-c3ccco3)cc(Cl)c2O1. The fourth-order valence-electron chi connectivity index (χ4n) is 2.60. The van der Waals surface area contributed by atoms with Crippen molar-refractivity contribution < 1.29 is 18.7 Å². The fourth-order valence-corrected chi connectivity index (χ4v) is 2.88. The summed E-state index contributed by atoms with van der Waals surface area (Å²) < 4.78 is 16.5. The number of benzene rings is 1. The summed E-state index contributed by atoms with van der Waals surface area (Å²) in [6, 6.07) is 7.55. The molecule has 1 aliphatic rings. The highest BCUT2D eigenvalue weighted by atomic mass is 35.5. The van der Waals surface area contributed by atoms with E-state index >= 15 is 0 Å². The van der Waals surface area contributed by atoms with Crippen LogP contribution in [0.25, 0.3) is 11.3 Å². The molecule has 1 N–H and O–H groups in total. The smallest absolute Gasteiger partial charge is 0.407 e. The lowest BCUT2D eigenvalue weighted by Crippen LogP contribution is -2.38. The molecule has 1 aliphatic heterocycles. The third kappa shape index (κ3) is 3.85. The summed E-state index contributed by atoms with van der Waals surface area (Å²) in [6.07, 6.45) is 1.67. The minimum Gasteiger partial charge on any atom is -0.486 e. The van der Waals surface area contributed by atoms with Crippen molar-refractivity contribution in [1.82, 2.24) is 5.32 Å². The average Bonchev–Trinajstić information content (AvgIpc) is 3.12. The minimum atomic E-state index is -0.523. The number of fused-ring (bicyclic) bond motifs is 1. The summed E-state index contributed by atoms with van der Waals surface area (Å²) in [4.78, 5) is 11.7. The van der Waals surface area contributed by atoms with E-state index in [1.54, 1.807) is 6.26 Å². The quantitative estimate of drug-likeness (QED) is 0.890. The van der Waals surface area contributed by atoms with E-state index in [1.165, 1.54) is 0 Å². The van der Waals surface area contributed by atoms with Crippen molar-refractivity contribution in [1.29, 1.82) is 0 Å². The van der Waals surface area contributed by atoms with Gasteiger partial charge in [0.2, 0.25) is 0 Å². The molecular formula is C18H20ClNO4. The lowest BCUT2D eigenvalue weighted by atomic mass is 10.0. The van der Waals surface area contributed by atoms with E-state index in [0.29, 0.717) is 23.7 Å². The van der Waals surface area contributed by atoms with Gasteiger partial charge in [-0.2, -0.15) is 0 Å². The molecule has 0 fully saturated rings. The molecule has 6 heteroatoms. The number of hydrogen-bond donors (Lipinski definition) is 1. The van der Waals surface area contributed by atoms with Crippen molar-refractivity contribution >= 4 is 17.7 Å². The number of amides is 1. The zero-order valence-electron chi connectivity index (χ0n) is 13.9. The van der Waals surface area contributed by atoms with Gasteiger partial charge in [0.05, 0.1) is 17.8 Å². The van der Waals surface area contributed by atoms with Crippen molar-refractivity contribution in [2.45, 2.75) is 38.9 Å².